The van der Waals surface area contributed by atoms with Gasteiger partial charge in [-0.15, -0.1) is 0 Å². The maximum atomic E-state index is 12.4. The molecule has 0 aliphatic carbocycles. The van der Waals surface area contributed by atoms with E-state index in [1.807, 2.05) is 30.0 Å². The van der Waals surface area contributed by atoms with Crippen LogP contribution in [0.2, 0.25) is 0 Å². The molecule has 126 valence electrons. The first-order valence-corrected chi connectivity index (χ1v) is 8.11. The van der Waals surface area contributed by atoms with Gasteiger partial charge in [0.1, 0.15) is 5.82 Å². The fraction of sp³-hybridized carbons (Fsp3) is 0.588. The summed E-state index contributed by atoms with van der Waals surface area (Å²) in [6.45, 7) is 4.98. The molecule has 23 heavy (non-hydrogen) atoms. The third kappa shape index (κ3) is 4.94. The lowest BCUT2D eigenvalue weighted by Gasteiger charge is -2.35. The maximum absolute atomic E-state index is 12.4. The van der Waals surface area contributed by atoms with Crippen molar-refractivity contribution in [2.45, 2.75) is 19.8 Å². The van der Waals surface area contributed by atoms with Crippen molar-refractivity contribution in [2.24, 2.45) is 5.92 Å². The van der Waals surface area contributed by atoms with Gasteiger partial charge in [0.25, 0.3) is 0 Å². The molecule has 1 aliphatic heterocycles. The Morgan fingerprint density at radius 3 is 2.43 bits per heavy atom. The highest BCUT2D eigenvalue weighted by atomic mass is 16.2. The molecule has 1 atom stereocenters. The molecule has 0 bridgehead atoms. The lowest BCUT2D eigenvalue weighted by atomic mass is 10.0. The summed E-state index contributed by atoms with van der Waals surface area (Å²) in [6, 6.07) is 5.87. The number of carbonyl (C=O) groups excluding carboxylic acids is 2. The fourth-order valence-corrected chi connectivity index (χ4v) is 2.71. The van der Waals surface area contributed by atoms with Crippen molar-refractivity contribution in [3.63, 3.8) is 0 Å². The van der Waals surface area contributed by atoms with Crippen LogP contribution in [0.5, 0.6) is 0 Å². The molecule has 1 aliphatic rings. The van der Waals surface area contributed by atoms with Crippen LogP contribution in [0.15, 0.2) is 24.4 Å². The Bertz CT molecular complexity index is 525. The number of aromatic nitrogens is 1. The smallest absolute Gasteiger partial charge is 0.222 e. The largest absolute Gasteiger partial charge is 0.353 e. The van der Waals surface area contributed by atoms with E-state index < -0.39 is 0 Å². The fourth-order valence-electron chi connectivity index (χ4n) is 2.71. The van der Waals surface area contributed by atoms with Crippen LogP contribution in [-0.4, -0.2) is 66.9 Å². The molecule has 0 radical (unpaired) electrons. The number of hydrogen-bond acceptors (Lipinski definition) is 4. The summed E-state index contributed by atoms with van der Waals surface area (Å²) in [6.07, 6.45) is 2.64. The van der Waals surface area contributed by atoms with Gasteiger partial charge < -0.3 is 14.7 Å². The van der Waals surface area contributed by atoms with Crippen LogP contribution in [0.4, 0.5) is 5.82 Å². The predicted molar refractivity (Wildman–Crippen MR) is 90.1 cm³/mol. The van der Waals surface area contributed by atoms with Gasteiger partial charge >= 0.3 is 0 Å². The van der Waals surface area contributed by atoms with Gasteiger partial charge in [0, 0.05) is 59.3 Å². The van der Waals surface area contributed by atoms with Crippen molar-refractivity contribution in [3.8, 4) is 0 Å². The molecular weight excluding hydrogens is 292 g/mol. The minimum Gasteiger partial charge on any atom is -0.353 e. The van der Waals surface area contributed by atoms with Crippen molar-refractivity contribution in [2.75, 3.05) is 45.2 Å². The molecular formula is C17H26N4O2. The van der Waals surface area contributed by atoms with Crippen LogP contribution in [0.3, 0.4) is 0 Å². The summed E-state index contributed by atoms with van der Waals surface area (Å²) in [5, 5.41) is 0. The molecule has 6 nitrogen and oxygen atoms in total. The van der Waals surface area contributed by atoms with Gasteiger partial charge in [-0.25, -0.2) is 4.98 Å². The zero-order valence-corrected chi connectivity index (χ0v) is 14.2. The van der Waals surface area contributed by atoms with Gasteiger partial charge in [-0.1, -0.05) is 13.0 Å². The Kier molecular flexibility index (Phi) is 5.96. The molecule has 2 heterocycles. The van der Waals surface area contributed by atoms with Crippen LogP contribution in [0, 0.1) is 5.92 Å². The molecule has 1 saturated heterocycles. The third-order valence-electron chi connectivity index (χ3n) is 4.15. The third-order valence-corrected chi connectivity index (χ3v) is 4.15. The molecule has 1 aromatic rings. The normalized spacial score (nSPS) is 16.1. The molecule has 1 unspecified atom stereocenters. The quantitative estimate of drug-likeness (QED) is 0.819. The molecule has 2 amide bonds. The average molecular weight is 318 g/mol. The minimum atomic E-state index is 0.0743. The zero-order valence-electron chi connectivity index (χ0n) is 14.2. The van der Waals surface area contributed by atoms with Crippen LogP contribution < -0.4 is 4.90 Å². The molecule has 0 spiro atoms. The predicted octanol–water partition coefficient (Wildman–Crippen LogP) is 1.23. The first-order valence-electron chi connectivity index (χ1n) is 8.11. The average Bonchev–Trinajstić information content (AvgIpc) is 2.55. The van der Waals surface area contributed by atoms with E-state index in [0.29, 0.717) is 25.9 Å². The summed E-state index contributed by atoms with van der Waals surface area (Å²) in [5.41, 5.74) is 0. The van der Waals surface area contributed by atoms with E-state index in [9.17, 15) is 9.59 Å². The topological polar surface area (TPSA) is 56.8 Å². The highest BCUT2D eigenvalue weighted by molar-refractivity contribution is 5.79. The number of anilines is 1. The van der Waals surface area contributed by atoms with E-state index in [1.165, 1.54) is 0 Å². The number of hydrogen-bond donors (Lipinski definition) is 0. The molecule has 0 N–H and O–H groups in total. The van der Waals surface area contributed by atoms with E-state index in [1.54, 1.807) is 25.2 Å². The van der Waals surface area contributed by atoms with Crippen molar-refractivity contribution >= 4 is 17.6 Å². The van der Waals surface area contributed by atoms with E-state index >= 15 is 0 Å². The highest BCUT2D eigenvalue weighted by Gasteiger charge is 2.23. The van der Waals surface area contributed by atoms with Crippen molar-refractivity contribution in [3.05, 3.63) is 24.4 Å². The van der Waals surface area contributed by atoms with E-state index in [2.05, 4.69) is 9.88 Å². The van der Waals surface area contributed by atoms with E-state index in [0.717, 1.165) is 18.9 Å². The lowest BCUT2D eigenvalue weighted by molar-refractivity contribution is -0.133. The Labute approximate surface area is 138 Å². The summed E-state index contributed by atoms with van der Waals surface area (Å²) in [5.74, 6) is 1.26. The van der Waals surface area contributed by atoms with Crippen LogP contribution in [0.25, 0.3) is 0 Å². The Morgan fingerprint density at radius 2 is 1.87 bits per heavy atom. The first kappa shape index (κ1) is 17.2. The Hall–Kier alpha value is -2.11. The van der Waals surface area contributed by atoms with Crippen molar-refractivity contribution in [1.29, 1.82) is 0 Å². The van der Waals surface area contributed by atoms with Crippen LogP contribution >= 0.6 is 0 Å². The lowest BCUT2D eigenvalue weighted by Crippen LogP contribution is -2.49. The molecule has 2 rings (SSSR count). The molecule has 1 fully saturated rings. The summed E-state index contributed by atoms with van der Waals surface area (Å²) in [4.78, 5) is 34.1. The second-order valence-electron chi connectivity index (χ2n) is 6.36. The number of nitrogens with zero attached hydrogens (tertiary/aromatic N) is 4. The van der Waals surface area contributed by atoms with Crippen molar-refractivity contribution < 1.29 is 9.59 Å². The second-order valence-corrected chi connectivity index (χ2v) is 6.36. The molecule has 6 heteroatoms. The van der Waals surface area contributed by atoms with Gasteiger partial charge in [0.05, 0.1) is 0 Å². The summed E-state index contributed by atoms with van der Waals surface area (Å²) in [7, 11) is 3.49. The summed E-state index contributed by atoms with van der Waals surface area (Å²) < 4.78 is 0. The van der Waals surface area contributed by atoms with Gasteiger partial charge in [-0.05, 0) is 18.1 Å². The number of amides is 2. The maximum Gasteiger partial charge on any atom is 0.222 e. The Balaban J connectivity index is 1.78. The molecule has 1 aromatic heterocycles. The minimum absolute atomic E-state index is 0.0743. The standard InChI is InChI=1S/C17H26N4O2/c1-14(12-16(22)19(2)3)13-17(23)21-10-8-20(9-11-21)15-6-4-5-7-18-15/h4-7,14H,8-13H2,1-3H3. The number of pyridine rings is 1. The number of piperazine rings is 1. The first-order chi connectivity index (χ1) is 11.0. The van der Waals surface area contributed by atoms with Crippen LogP contribution in [-0.2, 0) is 9.59 Å². The van der Waals surface area contributed by atoms with Crippen molar-refractivity contribution in [1.82, 2.24) is 14.8 Å². The Morgan fingerprint density at radius 1 is 1.17 bits per heavy atom. The summed E-state index contributed by atoms with van der Waals surface area (Å²) >= 11 is 0. The SMILES string of the molecule is CC(CC(=O)N(C)C)CC(=O)N1CCN(c2ccccn2)CC1. The second kappa shape index (κ2) is 7.94. The number of rotatable bonds is 5. The van der Waals surface area contributed by atoms with E-state index in [4.69, 9.17) is 0 Å². The van der Waals surface area contributed by atoms with Gasteiger partial charge in [-0.2, -0.15) is 0 Å². The number of carbonyl (C=O) groups is 2. The van der Waals surface area contributed by atoms with Crippen LogP contribution in [0.1, 0.15) is 19.8 Å². The highest BCUT2D eigenvalue weighted by Crippen LogP contribution is 2.15. The molecule has 0 aromatic carbocycles. The molecule has 0 saturated carbocycles. The monoisotopic (exact) mass is 318 g/mol. The van der Waals surface area contributed by atoms with Gasteiger partial charge in [0.15, 0.2) is 0 Å². The van der Waals surface area contributed by atoms with E-state index in [-0.39, 0.29) is 17.7 Å². The van der Waals surface area contributed by atoms with Gasteiger partial charge in [0.2, 0.25) is 11.8 Å². The van der Waals surface area contributed by atoms with Gasteiger partial charge in [-0.3, -0.25) is 9.59 Å². The zero-order chi connectivity index (χ0) is 16.8.